The van der Waals surface area contributed by atoms with E-state index in [-0.39, 0.29) is 5.69 Å². The molecule has 0 atom stereocenters. The molecule has 4 aromatic rings. The highest BCUT2D eigenvalue weighted by molar-refractivity contribution is 7.22. The van der Waals surface area contributed by atoms with Crippen LogP contribution in [0.1, 0.15) is 35.7 Å². The Balaban J connectivity index is 1.45. The van der Waals surface area contributed by atoms with Crippen LogP contribution < -0.4 is 10.2 Å². The number of aryl methyl sites for hydroxylation is 1. The van der Waals surface area contributed by atoms with Crippen LogP contribution in [0.4, 0.5) is 10.8 Å². The molecular weight excluding hydrogens is 456 g/mol. The van der Waals surface area contributed by atoms with Gasteiger partial charge >= 0.3 is 0 Å². The van der Waals surface area contributed by atoms with Gasteiger partial charge in [-0.1, -0.05) is 11.3 Å². The van der Waals surface area contributed by atoms with Crippen molar-refractivity contribution >= 4 is 38.4 Å². The number of pyridine rings is 2. The van der Waals surface area contributed by atoms with Crippen molar-refractivity contribution in [3.63, 3.8) is 0 Å². The van der Waals surface area contributed by atoms with Crippen LogP contribution in [-0.4, -0.2) is 57.3 Å². The number of aromatic nitrogens is 4. The summed E-state index contributed by atoms with van der Waals surface area (Å²) in [7, 11) is 0. The Hall–Kier alpha value is -3.41. The topological polar surface area (TPSA) is 127 Å². The molecule has 0 spiro atoms. The minimum absolute atomic E-state index is 0.115. The van der Waals surface area contributed by atoms with Gasteiger partial charge in [0, 0.05) is 30.5 Å². The first-order chi connectivity index (χ1) is 16.3. The number of thiazole rings is 1. The fraction of sp³-hybridized carbons (Fsp3) is 0.348. The average molecular weight is 481 g/mol. The number of carbonyl (C=O) groups excluding carboxylic acids is 1. The van der Waals surface area contributed by atoms with Crippen molar-refractivity contribution in [2.75, 3.05) is 36.5 Å². The Labute approximate surface area is 199 Å². The smallest absolute Gasteiger partial charge is 0.277 e. The Kier molecular flexibility index (Phi) is 5.76. The molecule has 0 aromatic carbocycles. The van der Waals surface area contributed by atoms with Crippen LogP contribution in [0.2, 0.25) is 0 Å². The fourth-order valence-electron chi connectivity index (χ4n) is 3.68. The highest BCUT2D eigenvalue weighted by atomic mass is 32.1. The minimum Gasteiger partial charge on any atom is -0.444 e. The summed E-state index contributed by atoms with van der Waals surface area (Å²) in [4.78, 5) is 32.9. The molecule has 0 unspecified atom stereocenters. The van der Waals surface area contributed by atoms with Crippen molar-refractivity contribution in [3.05, 3.63) is 47.7 Å². The van der Waals surface area contributed by atoms with Crippen LogP contribution in [0.15, 0.2) is 35.1 Å². The normalized spacial score (nSPS) is 14.5. The van der Waals surface area contributed by atoms with Crippen LogP contribution in [0.3, 0.4) is 0 Å². The van der Waals surface area contributed by atoms with Gasteiger partial charge in [-0.25, -0.2) is 9.97 Å². The summed E-state index contributed by atoms with van der Waals surface area (Å²) in [6, 6.07) is 5.39. The van der Waals surface area contributed by atoms with Crippen molar-refractivity contribution < 1.29 is 19.1 Å². The third kappa shape index (κ3) is 4.49. The number of carbonyl (C=O) groups is 1. The highest BCUT2D eigenvalue weighted by Gasteiger charge is 2.27. The van der Waals surface area contributed by atoms with E-state index in [1.165, 1.54) is 17.6 Å². The van der Waals surface area contributed by atoms with Crippen molar-refractivity contribution in [2.45, 2.75) is 26.4 Å². The summed E-state index contributed by atoms with van der Waals surface area (Å²) in [5, 5.41) is 14.4. The quantitative estimate of drug-likeness (QED) is 0.442. The molecule has 1 saturated heterocycles. The third-order valence-corrected chi connectivity index (χ3v) is 6.41. The number of nitrogens with zero attached hydrogens (tertiary/aromatic N) is 5. The van der Waals surface area contributed by atoms with Gasteiger partial charge in [-0.2, -0.15) is 4.98 Å². The maximum absolute atomic E-state index is 13.0. The maximum Gasteiger partial charge on any atom is 0.277 e. The van der Waals surface area contributed by atoms with Gasteiger partial charge in [-0.15, -0.1) is 0 Å². The molecule has 34 heavy (non-hydrogen) atoms. The zero-order chi connectivity index (χ0) is 23.9. The standard InChI is InChI=1S/C23H24N6O4S/c1-13-10-14(4-5-24-13)21-26-16(12-33-21)20(30)25-15-11-17-19(27-18(15)23(2,3)31)28-22(34-17)29-6-8-32-9-7-29/h4-5,10-12,31H,6-9H2,1-3H3,(H,25,30). The molecule has 5 heterocycles. The summed E-state index contributed by atoms with van der Waals surface area (Å²) >= 11 is 1.49. The Morgan fingerprint density at radius 1 is 1.21 bits per heavy atom. The molecule has 2 N–H and O–H groups in total. The van der Waals surface area contributed by atoms with E-state index in [0.717, 1.165) is 34.2 Å². The predicted molar refractivity (Wildman–Crippen MR) is 128 cm³/mol. The Bertz CT molecular complexity index is 1350. The molecule has 0 bridgehead atoms. The molecule has 1 amide bonds. The first-order valence-corrected chi connectivity index (χ1v) is 11.7. The molecule has 0 aliphatic carbocycles. The Morgan fingerprint density at radius 2 is 2.00 bits per heavy atom. The molecule has 1 aliphatic rings. The molecule has 5 rings (SSSR count). The van der Waals surface area contributed by atoms with E-state index in [1.54, 1.807) is 32.2 Å². The molecule has 4 aromatic heterocycles. The van der Waals surface area contributed by atoms with E-state index < -0.39 is 11.5 Å². The number of ether oxygens (including phenoxy) is 1. The van der Waals surface area contributed by atoms with Gasteiger partial charge in [0.2, 0.25) is 5.89 Å². The molecule has 11 heteroatoms. The zero-order valence-corrected chi connectivity index (χ0v) is 19.8. The van der Waals surface area contributed by atoms with E-state index in [9.17, 15) is 9.90 Å². The number of amides is 1. The average Bonchev–Trinajstić information content (AvgIpc) is 3.46. The van der Waals surface area contributed by atoms with Crippen LogP contribution in [-0.2, 0) is 10.3 Å². The largest absolute Gasteiger partial charge is 0.444 e. The molecule has 0 radical (unpaired) electrons. The van der Waals surface area contributed by atoms with Gasteiger partial charge in [-0.05, 0) is 39.0 Å². The van der Waals surface area contributed by atoms with E-state index in [4.69, 9.17) is 9.15 Å². The SMILES string of the molecule is Cc1cc(-c2nc(C(=O)Nc3cc4sc(N5CCOCC5)nc4nc3C(C)(C)O)co2)ccn1. The van der Waals surface area contributed by atoms with Gasteiger partial charge in [0.15, 0.2) is 16.5 Å². The molecule has 1 aliphatic heterocycles. The van der Waals surface area contributed by atoms with Crippen LogP contribution in [0.25, 0.3) is 21.8 Å². The summed E-state index contributed by atoms with van der Waals surface area (Å²) in [6.07, 6.45) is 2.96. The van der Waals surface area contributed by atoms with E-state index in [1.807, 2.05) is 13.0 Å². The van der Waals surface area contributed by atoms with Gasteiger partial charge in [0.25, 0.3) is 5.91 Å². The second-order valence-electron chi connectivity index (χ2n) is 8.54. The second-order valence-corrected chi connectivity index (χ2v) is 9.55. The minimum atomic E-state index is -1.30. The lowest BCUT2D eigenvalue weighted by Gasteiger charge is -2.25. The Morgan fingerprint density at radius 3 is 2.74 bits per heavy atom. The molecule has 10 nitrogen and oxygen atoms in total. The summed E-state index contributed by atoms with van der Waals surface area (Å²) in [5.74, 6) is -0.144. The zero-order valence-electron chi connectivity index (χ0n) is 19.0. The molecular formula is C23H24N6O4S. The first kappa shape index (κ1) is 22.4. The lowest BCUT2D eigenvalue weighted by Crippen LogP contribution is -2.36. The molecule has 1 fully saturated rings. The number of rotatable bonds is 5. The van der Waals surface area contributed by atoms with Crippen molar-refractivity contribution in [1.82, 2.24) is 19.9 Å². The molecule has 0 saturated carbocycles. The maximum atomic E-state index is 13.0. The van der Waals surface area contributed by atoms with Crippen LogP contribution >= 0.6 is 11.3 Å². The number of fused-ring (bicyclic) bond motifs is 1. The van der Waals surface area contributed by atoms with Crippen LogP contribution in [0.5, 0.6) is 0 Å². The van der Waals surface area contributed by atoms with E-state index >= 15 is 0 Å². The summed E-state index contributed by atoms with van der Waals surface area (Å²) in [6.45, 7) is 7.92. The second kappa shape index (κ2) is 8.75. The van der Waals surface area contributed by atoms with Crippen molar-refractivity contribution in [1.29, 1.82) is 0 Å². The van der Waals surface area contributed by atoms with E-state index in [2.05, 4.69) is 30.2 Å². The summed E-state index contributed by atoms with van der Waals surface area (Å²) in [5.41, 5.74) is 1.60. The highest BCUT2D eigenvalue weighted by Crippen LogP contribution is 2.35. The predicted octanol–water partition coefficient (Wildman–Crippen LogP) is 3.37. The lowest BCUT2D eigenvalue weighted by molar-refractivity contribution is 0.0749. The number of hydrogen-bond acceptors (Lipinski definition) is 10. The molecule has 176 valence electrons. The third-order valence-electron chi connectivity index (χ3n) is 5.36. The van der Waals surface area contributed by atoms with Crippen LogP contribution in [0, 0.1) is 6.92 Å². The van der Waals surface area contributed by atoms with Gasteiger partial charge in [0.05, 0.1) is 29.3 Å². The van der Waals surface area contributed by atoms with E-state index in [0.29, 0.717) is 36.1 Å². The number of morpholine rings is 1. The fourth-order valence-corrected chi connectivity index (χ4v) is 4.68. The lowest BCUT2D eigenvalue weighted by atomic mass is 10.0. The van der Waals surface area contributed by atoms with Gasteiger partial charge in [-0.3, -0.25) is 9.78 Å². The summed E-state index contributed by atoms with van der Waals surface area (Å²) < 4.78 is 11.7. The van der Waals surface area contributed by atoms with Gasteiger partial charge < -0.3 is 24.5 Å². The number of hydrogen-bond donors (Lipinski definition) is 2. The number of anilines is 2. The first-order valence-electron chi connectivity index (χ1n) is 10.8. The monoisotopic (exact) mass is 480 g/mol. The number of aliphatic hydroxyl groups is 1. The van der Waals surface area contributed by atoms with Crippen molar-refractivity contribution in [3.8, 4) is 11.5 Å². The van der Waals surface area contributed by atoms with Crippen molar-refractivity contribution in [2.24, 2.45) is 0 Å². The van der Waals surface area contributed by atoms with Gasteiger partial charge in [0.1, 0.15) is 11.9 Å². The number of nitrogens with one attached hydrogen (secondary N) is 1. The number of oxazole rings is 1.